The van der Waals surface area contributed by atoms with Gasteiger partial charge in [-0.2, -0.15) is 11.8 Å². The lowest BCUT2D eigenvalue weighted by atomic mass is 9.62. The number of carboxylic acid groups (broad SMARTS) is 2. The molecule has 3 rings (SSSR count). The summed E-state index contributed by atoms with van der Waals surface area (Å²) in [6, 6.07) is 9.93. The van der Waals surface area contributed by atoms with E-state index in [4.69, 9.17) is 5.73 Å². The van der Waals surface area contributed by atoms with Gasteiger partial charge in [0.2, 0.25) is 0 Å². The topological polar surface area (TPSA) is 118 Å². The van der Waals surface area contributed by atoms with E-state index >= 15 is 0 Å². The van der Waals surface area contributed by atoms with E-state index in [1.54, 1.807) is 18.7 Å². The third kappa shape index (κ3) is 3.01. The number of nitrogens with two attached hydrogens (primary N) is 1. The summed E-state index contributed by atoms with van der Waals surface area (Å²) in [5.74, 6) is -3.38. The maximum Gasteiger partial charge on any atom is 0.311 e. The van der Waals surface area contributed by atoms with Crippen LogP contribution >= 0.6 is 11.8 Å². The van der Waals surface area contributed by atoms with Crippen LogP contribution in [-0.4, -0.2) is 45.5 Å². The zero-order valence-corrected chi connectivity index (χ0v) is 17.7. The first-order chi connectivity index (χ1) is 13.8. The van der Waals surface area contributed by atoms with Crippen LogP contribution in [0.3, 0.4) is 0 Å². The van der Waals surface area contributed by atoms with Gasteiger partial charge in [-0.1, -0.05) is 44.2 Å². The number of fused-ring (bicyclic) bond motifs is 1. The maximum atomic E-state index is 12.9. The standard InChI is InChI=1S/C22H29NO5S/c1-3-21-16(17(21)19(25)26)18(29-11-10-13-8-6-5-7-9-13)15(14(24)12-23)22(21,4-2)20(27)28/h5-9,15-18H,3-4,10-12,23H2,1-2H3,(H,25,26)(H,27,28). The molecule has 4 N–H and O–H groups in total. The molecule has 2 aliphatic carbocycles. The third-order valence-electron chi connectivity index (χ3n) is 7.33. The second-order valence-electron chi connectivity index (χ2n) is 8.08. The smallest absolute Gasteiger partial charge is 0.311 e. The molecule has 7 heteroatoms. The molecule has 0 radical (unpaired) electrons. The predicted octanol–water partition coefficient (Wildman–Crippen LogP) is 2.70. The van der Waals surface area contributed by atoms with Crippen LogP contribution in [0.25, 0.3) is 0 Å². The number of thioether (sulfide) groups is 1. The van der Waals surface area contributed by atoms with Gasteiger partial charge in [0.15, 0.2) is 5.78 Å². The zero-order chi connectivity index (χ0) is 21.4. The Kier molecular flexibility index (Phi) is 6.11. The van der Waals surface area contributed by atoms with E-state index in [-0.39, 0.29) is 29.9 Å². The lowest BCUT2D eigenvalue weighted by Gasteiger charge is -2.40. The van der Waals surface area contributed by atoms with Gasteiger partial charge >= 0.3 is 11.9 Å². The number of hydrogen-bond donors (Lipinski definition) is 3. The molecule has 29 heavy (non-hydrogen) atoms. The summed E-state index contributed by atoms with van der Waals surface area (Å²) in [5.41, 5.74) is 4.57. The molecule has 0 aromatic heterocycles. The van der Waals surface area contributed by atoms with E-state index in [1.165, 1.54) is 0 Å². The van der Waals surface area contributed by atoms with Crippen molar-refractivity contribution in [3.8, 4) is 0 Å². The van der Waals surface area contributed by atoms with Crippen molar-refractivity contribution in [2.45, 2.75) is 38.4 Å². The van der Waals surface area contributed by atoms with E-state index in [0.29, 0.717) is 12.2 Å². The molecule has 6 atom stereocenters. The molecule has 6 nitrogen and oxygen atoms in total. The molecule has 0 saturated heterocycles. The van der Waals surface area contributed by atoms with Gasteiger partial charge in [-0.25, -0.2) is 0 Å². The highest BCUT2D eigenvalue weighted by atomic mass is 32.2. The van der Waals surface area contributed by atoms with Crippen molar-refractivity contribution in [3.05, 3.63) is 35.9 Å². The normalized spacial score (nSPS) is 35.1. The number of rotatable bonds is 10. The molecule has 1 aromatic carbocycles. The molecule has 158 valence electrons. The number of carbonyl (C=O) groups excluding carboxylic acids is 1. The molecular formula is C22H29NO5S. The maximum absolute atomic E-state index is 12.9. The Morgan fingerprint density at radius 1 is 1.07 bits per heavy atom. The molecule has 0 amide bonds. The zero-order valence-electron chi connectivity index (χ0n) is 16.8. The Hall–Kier alpha value is -1.86. The van der Waals surface area contributed by atoms with Crippen LogP contribution in [0.4, 0.5) is 0 Å². The molecule has 2 aliphatic rings. The summed E-state index contributed by atoms with van der Waals surface area (Å²) in [6.45, 7) is 3.39. The minimum absolute atomic E-state index is 0.223. The molecule has 0 heterocycles. The highest BCUT2D eigenvalue weighted by molar-refractivity contribution is 8.00. The third-order valence-corrected chi connectivity index (χ3v) is 8.72. The summed E-state index contributed by atoms with van der Waals surface area (Å²) < 4.78 is 0. The lowest BCUT2D eigenvalue weighted by Crippen LogP contribution is -2.51. The summed E-state index contributed by atoms with van der Waals surface area (Å²) in [6.07, 6.45) is 1.43. The van der Waals surface area contributed by atoms with Gasteiger partial charge < -0.3 is 15.9 Å². The van der Waals surface area contributed by atoms with Gasteiger partial charge in [0.25, 0.3) is 0 Å². The van der Waals surface area contributed by atoms with Crippen molar-refractivity contribution in [1.29, 1.82) is 0 Å². The minimum atomic E-state index is -1.38. The average Bonchev–Trinajstić information content (AvgIpc) is 3.34. The van der Waals surface area contributed by atoms with Crippen LogP contribution in [0, 0.1) is 28.6 Å². The van der Waals surface area contributed by atoms with Crippen molar-refractivity contribution in [2.24, 2.45) is 34.3 Å². The molecular weight excluding hydrogens is 390 g/mol. The van der Waals surface area contributed by atoms with Crippen LogP contribution in [0.1, 0.15) is 32.3 Å². The first-order valence-corrected chi connectivity index (χ1v) is 11.2. The fraction of sp³-hybridized carbons (Fsp3) is 0.591. The largest absolute Gasteiger partial charge is 0.481 e. The molecule has 0 aliphatic heterocycles. The Morgan fingerprint density at radius 3 is 2.21 bits per heavy atom. The Morgan fingerprint density at radius 2 is 1.72 bits per heavy atom. The van der Waals surface area contributed by atoms with E-state index in [1.807, 2.05) is 37.3 Å². The molecule has 2 fully saturated rings. The fourth-order valence-electron chi connectivity index (χ4n) is 6.22. The van der Waals surface area contributed by atoms with E-state index < -0.39 is 34.6 Å². The number of carboxylic acids is 2. The van der Waals surface area contributed by atoms with Crippen LogP contribution in [0.15, 0.2) is 30.3 Å². The van der Waals surface area contributed by atoms with Gasteiger partial charge in [-0.15, -0.1) is 0 Å². The molecule has 0 spiro atoms. The van der Waals surface area contributed by atoms with Crippen LogP contribution in [0.5, 0.6) is 0 Å². The average molecular weight is 420 g/mol. The number of hydrogen-bond acceptors (Lipinski definition) is 5. The van der Waals surface area contributed by atoms with Gasteiger partial charge in [0.05, 0.1) is 17.9 Å². The van der Waals surface area contributed by atoms with Crippen LogP contribution in [0.2, 0.25) is 0 Å². The van der Waals surface area contributed by atoms with E-state index in [2.05, 4.69) is 0 Å². The Balaban J connectivity index is 1.97. The van der Waals surface area contributed by atoms with Gasteiger partial charge in [0.1, 0.15) is 0 Å². The second-order valence-corrected chi connectivity index (χ2v) is 9.37. The summed E-state index contributed by atoms with van der Waals surface area (Å²) in [5, 5.41) is 19.8. The Bertz CT molecular complexity index is 800. The van der Waals surface area contributed by atoms with Gasteiger partial charge in [-0.3, -0.25) is 14.4 Å². The summed E-state index contributed by atoms with van der Waals surface area (Å²) >= 11 is 1.55. The molecule has 2 saturated carbocycles. The predicted molar refractivity (Wildman–Crippen MR) is 112 cm³/mol. The Labute approximate surface area is 175 Å². The summed E-state index contributed by atoms with van der Waals surface area (Å²) in [7, 11) is 0. The van der Waals surface area contributed by atoms with Crippen molar-refractivity contribution in [2.75, 3.05) is 12.3 Å². The number of aliphatic carboxylic acids is 2. The highest BCUT2D eigenvalue weighted by Gasteiger charge is 2.87. The lowest BCUT2D eigenvalue weighted by molar-refractivity contribution is -0.163. The van der Waals surface area contributed by atoms with Crippen molar-refractivity contribution >= 4 is 29.5 Å². The first kappa shape index (κ1) is 21.8. The highest BCUT2D eigenvalue weighted by Crippen LogP contribution is 2.82. The monoisotopic (exact) mass is 419 g/mol. The second kappa shape index (κ2) is 8.11. The SMILES string of the molecule is CCC1(C(=O)O)C(C(=O)CN)C(SCCc2ccccc2)C2C(C(=O)O)C21CC. The number of carbonyl (C=O) groups is 3. The van der Waals surface area contributed by atoms with Crippen molar-refractivity contribution in [1.82, 2.24) is 0 Å². The van der Waals surface area contributed by atoms with Crippen LogP contribution < -0.4 is 5.73 Å². The fourth-order valence-corrected chi connectivity index (χ4v) is 8.03. The van der Waals surface area contributed by atoms with Gasteiger partial charge in [0, 0.05) is 16.6 Å². The number of ketones is 1. The number of Topliss-reactive ketones (excluding diaryl/α,β-unsaturated/α-hetero) is 1. The molecule has 0 bridgehead atoms. The minimum Gasteiger partial charge on any atom is -0.481 e. The molecule has 1 aromatic rings. The van der Waals surface area contributed by atoms with E-state index in [9.17, 15) is 24.6 Å². The molecule has 6 unspecified atom stereocenters. The van der Waals surface area contributed by atoms with Gasteiger partial charge in [-0.05, 0) is 36.5 Å². The quantitative estimate of drug-likeness (QED) is 0.534. The first-order valence-electron chi connectivity index (χ1n) is 10.2. The summed E-state index contributed by atoms with van der Waals surface area (Å²) in [4.78, 5) is 37.5. The number of benzene rings is 1. The van der Waals surface area contributed by atoms with E-state index in [0.717, 1.165) is 12.0 Å². The van der Waals surface area contributed by atoms with Crippen molar-refractivity contribution < 1.29 is 24.6 Å². The van der Waals surface area contributed by atoms with Crippen molar-refractivity contribution in [3.63, 3.8) is 0 Å². The van der Waals surface area contributed by atoms with Crippen LogP contribution in [-0.2, 0) is 20.8 Å². The number of aryl methyl sites for hydroxylation is 1.